The molecule has 3 rings (SSSR count). The molecule has 1 aromatic rings. The summed E-state index contributed by atoms with van der Waals surface area (Å²) in [5, 5.41) is 3.02. The van der Waals surface area contributed by atoms with Crippen molar-refractivity contribution < 1.29 is 22.7 Å². The van der Waals surface area contributed by atoms with Gasteiger partial charge in [-0.15, -0.1) is 0 Å². The summed E-state index contributed by atoms with van der Waals surface area (Å²) in [5.41, 5.74) is 0.0235. The van der Waals surface area contributed by atoms with Gasteiger partial charge in [-0.25, -0.2) is 13.2 Å². The van der Waals surface area contributed by atoms with Gasteiger partial charge in [-0.3, -0.25) is 4.79 Å². The zero-order chi connectivity index (χ0) is 18.7. The van der Waals surface area contributed by atoms with E-state index in [1.165, 1.54) is 23.5 Å². The molecule has 0 radical (unpaired) electrons. The number of esters is 1. The van der Waals surface area contributed by atoms with Crippen LogP contribution in [0.15, 0.2) is 29.2 Å². The molecule has 0 aromatic heterocycles. The first-order valence-corrected chi connectivity index (χ1v) is 10.1. The molecule has 1 N–H and O–H groups in total. The van der Waals surface area contributed by atoms with Gasteiger partial charge in [0.1, 0.15) is 0 Å². The first-order valence-electron chi connectivity index (χ1n) is 8.63. The molecule has 1 aromatic carbocycles. The maximum Gasteiger partial charge on any atom is 0.339 e. The van der Waals surface area contributed by atoms with Crippen molar-refractivity contribution in [3.63, 3.8) is 0 Å². The van der Waals surface area contributed by atoms with E-state index in [1.807, 2.05) is 0 Å². The topological polar surface area (TPSA) is 96.0 Å². The Hall–Kier alpha value is -1.97. The standard InChI is InChI=1S/C17H23N3O5S/c1-25-17(22)14-6-2-3-7-15(14)26(23,24)19-9-4-5-13(12-19)20-10-8-18-11-16(20)21/h2-3,6-7,13,18H,4-5,8-12H2,1H3. The minimum absolute atomic E-state index is 0.00420. The molecule has 2 fully saturated rings. The second kappa shape index (κ2) is 7.73. The summed E-state index contributed by atoms with van der Waals surface area (Å²) in [5.74, 6) is -0.689. The first kappa shape index (κ1) is 18.8. The number of sulfonamides is 1. The summed E-state index contributed by atoms with van der Waals surface area (Å²) in [6, 6.07) is 5.91. The second-order valence-corrected chi connectivity index (χ2v) is 8.32. The minimum atomic E-state index is -3.86. The van der Waals surface area contributed by atoms with Crippen LogP contribution in [0.2, 0.25) is 0 Å². The van der Waals surface area contributed by atoms with Gasteiger partial charge in [-0.1, -0.05) is 12.1 Å². The molecule has 1 atom stereocenters. The molecule has 26 heavy (non-hydrogen) atoms. The summed E-state index contributed by atoms with van der Waals surface area (Å²) in [6.07, 6.45) is 1.44. The van der Waals surface area contributed by atoms with Crippen molar-refractivity contribution in [1.82, 2.24) is 14.5 Å². The van der Waals surface area contributed by atoms with Crippen LogP contribution in [0.25, 0.3) is 0 Å². The van der Waals surface area contributed by atoms with Crippen molar-refractivity contribution in [3.05, 3.63) is 29.8 Å². The van der Waals surface area contributed by atoms with Gasteiger partial charge in [0.15, 0.2) is 0 Å². The predicted octanol–water partition coefficient (Wildman–Crippen LogP) is 0.0581. The van der Waals surface area contributed by atoms with E-state index < -0.39 is 16.0 Å². The maximum atomic E-state index is 13.1. The molecule has 0 spiro atoms. The molecule has 0 bridgehead atoms. The normalized spacial score (nSPS) is 22.3. The lowest BCUT2D eigenvalue weighted by Gasteiger charge is -2.40. The SMILES string of the molecule is COC(=O)c1ccccc1S(=O)(=O)N1CCCC(N2CCNCC2=O)C1. The molecule has 2 heterocycles. The van der Waals surface area contributed by atoms with E-state index in [1.54, 1.807) is 17.0 Å². The molecule has 2 aliphatic heterocycles. The highest BCUT2D eigenvalue weighted by Gasteiger charge is 2.36. The Labute approximate surface area is 153 Å². The molecular weight excluding hydrogens is 358 g/mol. The third-order valence-corrected chi connectivity index (χ3v) is 6.76. The zero-order valence-electron chi connectivity index (χ0n) is 14.7. The molecule has 9 heteroatoms. The highest BCUT2D eigenvalue weighted by Crippen LogP contribution is 2.26. The number of carbonyl (C=O) groups is 2. The van der Waals surface area contributed by atoms with Crippen LogP contribution in [0.1, 0.15) is 23.2 Å². The molecule has 142 valence electrons. The van der Waals surface area contributed by atoms with Gasteiger partial charge in [0.25, 0.3) is 0 Å². The lowest BCUT2D eigenvalue weighted by atomic mass is 10.1. The summed E-state index contributed by atoms with van der Waals surface area (Å²) < 4.78 is 32.4. The van der Waals surface area contributed by atoms with Crippen LogP contribution >= 0.6 is 0 Å². The predicted molar refractivity (Wildman–Crippen MR) is 94.1 cm³/mol. The number of nitrogens with one attached hydrogen (secondary N) is 1. The molecule has 0 saturated carbocycles. The third-order valence-electron chi connectivity index (χ3n) is 4.84. The van der Waals surface area contributed by atoms with E-state index in [4.69, 9.17) is 4.74 Å². The van der Waals surface area contributed by atoms with Crippen LogP contribution in [0, 0.1) is 0 Å². The maximum absolute atomic E-state index is 13.1. The number of methoxy groups -OCH3 is 1. The number of ether oxygens (including phenoxy) is 1. The monoisotopic (exact) mass is 381 g/mol. The van der Waals surface area contributed by atoms with Crippen LogP contribution in [0.4, 0.5) is 0 Å². The highest BCUT2D eigenvalue weighted by molar-refractivity contribution is 7.89. The Kier molecular flexibility index (Phi) is 5.59. The Balaban J connectivity index is 1.86. The summed E-state index contributed by atoms with van der Waals surface area (Å²) in [6.45, 7) is 2.18. The Morgan fingerprint density at radius 2 is 2.04 bits per heavy atom. The molecule has 2 aliphatic rings. The summed E-state index contributed by atoms with van der Waals surface area (Å²) in [7, 11) is -2.64. The average molecular weight is 381 g/mol. The van der Waals surface area contributed by atoms with Crippen molar-refractivity contribution in [3.8, 4) is 0 Å². The second-order valence-electron chi connectivity index (χ2n) is 6.41. The van der Waals surface area contributed by atoms with E-state index in [2.05, 4.69) is 5.32 Å². The Bertz CT molecular complexity index is 795. The quantitative estimate of drug-likeness (QED) is 0.741. The van der Waals surface area contributed by atoms with Crippen molar-refractivity contribution in [1.29, 1.82) is 0 Å². The lowest BCUT2D eigenvalue weighted by Crippen LogP contribution is -2.57. The Morgan fingerprint density at radius 1 is 1.27 bits per heavy atom. The first-order chi connectivity index (χ1) is 12.4. The van der Waals surface area contributed by atoms with Crippen molar-refractivity contribution in [2.75, 3.05) is 39.8 Å². The summed E-state index contributed by atoms with van der Waals surface area (Å²) >= 11 is 0. The van der Waals surface area contributed by atoms with E-state index in [0.717, 1.165) is 6.42 Å². The highest BCUT2D eigenvalue weighted by atomic mass is 32.2. The van der Waals surface area contributed by atoms with Crippen LogP contribution < -0.4 is 5.32 Å². The molecule has 2 saturated heterocycles. The van der Waals surface area contributed by atoms with E-state index in [9.17, 15) is 18.0 Å². The average Bonchev–Trinajstić information content (AvgIpc) is 2.68. The summed E-state index contributed by atoms with van der Waals surface area (Å²) in [4.78, 5) is 25.8. The third kappa shape index (κ3) is 3.60. The van der Waals surface area contributed by atoms with Crippen molar-refractivity contribution >= 4 is 21.9 Å². The van der Waals surface area contributed by atoms with Gasteiger partial charge < -0.3 is 15.0 Å². The van der Waals surface area contributed by atoms with E-state index in [0.29, 0.717) is 26.1 Å². The minimum Gasteiger partial charge on any atom is -0.465 e. The molecule has 8 nitrogen and oxygen atoms in total. The van der Waals surface area contributed by atoms with E-state index >= 15 is 0 Å². The lowest BCUT2D eigenvalue weighted by molar-refractivity contribution is -0.135. The fraction of sp³-hybridized carbons (Fsp3) is 0.529. The van der Waals surface area contributed by atoms with Gasteiger partial charge in [-0.05, 0) is 25.0 Å². The van der Waals surface area contributed by atoms with Gasteiger partial charge in [0.2, 0.25) is 15.9 Å². The molecule has 1 amide bonds. The van der Waals surface area contributed by atoms with Gasteiger partial charge in [0.05, 0.1) is 24.1 Å². The number of hydrogen-bond donors (Lipinski definition) is 1. The molecule has 0 aliphatic carbocycles. The largest absolute Gasteiger partial charge is 0.465 e. The number of rotatable bonds is 4. The number of hydrogen-bond acceptors (Lipinski definition) is 6. The van der Waals surface area contributed by atoms with Crippen molar-refractivity contribution in [2.24, 2.45) is 0 Å². The number of piperidine rings is 1. The zero-order valence-corrected chi connectivity index (χ0v) is 15.5. The number of benzene rings is 1. The number of nitrogens with zero attached hydrogens (tertiary/aromatic N) is 2. The van der Waals surface area contributed by atoms with Gasteiger partial charge >= 0.3 is 5.97 Å². The smallest absolute Gasteiger partial charge is 0.339 e. The van der Waals surface area contributed by atoms with E-state index in [-0.39, 0.29) is 35.5 Å². The number of carbonyl (C=O) groups excluding carboxylic acids is 2. The fourth-order valence-electron chi connectivity index (χ4n) is 3.51. The Morgan fingerprint density at radius 3 is 2.77 bits per heavy atom. The van der Waals surface area contributed by atoms with Crippen LogP contribution in [0.5, 0.6) is 0 Å². The van der Waals surface area contributed by atoms with Gasteiger partial charge in [-0.2, -0.15) is 4.31 Å². The molecule has 1 unspecified atom stereocenters. The van der Waals surface area contributed by atoms with Crippen molar-refractivity contribution in [2.45, 2.75) is 23.8 Å². The number of amides is 1. The number of piperazine rings is 1. The molecular formula is C17H23N3O5S. The van der Waals surface area contributed by atoms with Crippen LogP contribution in [-0.4, -0.2) is 75.4 Å². The van der Waals surface area contributed by atoms with Gasteiger partial charge in [0, 0.05) is 32.2 Å². The van der Waals surface area contributed by atoms with Crippen LogP contribution in [0.3, 0.4) is 0 Å². The van der Waals surface area contributed by atoms with Crippen LogP contribution in [-0.2, 0) is 19.6 Å². The fourth-order valence-corrected chi connectivity index (χ4v) is 5.21.